The molecule has 0 fully saturated rings. The number of hydrogen-bond acceptors (Lipinski definition) is 4. The van der Waals surface area contributed by atoms with E-state index >= 15 is 0 Å². The summed E-state index contributed by atoms with van der Waals surface area (Å²) in [5.41, 5.74) is 0.992. The first-order valence-corrected chi connectivity index (χ1v) is 6.15. The van der Waals surface area contributed by atoms with Crippen LogP contribution in [-0.2, 0) is 6.42 Å². The number of nitrogens with zero attached hydrogens (tertiary/aromatic N) is 1. The molecule has 2 aromatic rings. The van der Waals surface area contributed by atoms with Crippen LogP contribution in [0.15, 0.2) is 30.3 Å². The van der Waals surface area contributed by atoms with Gasteiger partial charge in [0, 0.05) is 19.7 Å². The Hall–Kier alpha value is -2.37. The molecule has 0 aliphatic rings. The summed E-state index contributed by atoms with van der Waals surface area (Å²) in [5, 5.41) is 14.5. The molecule has 1 aromatic carbocycles. The van der Waals surface area contributed by atoms with Crippen molar-refractivity contribution < 1.29 is 13.9 Å². The largest absolute Gasteiger partial charge is 0.508 e. The van der Waals surface area contributed by atoms with E-state index in [1.165, 1.54) is 7.05 Å². The number of benzene rings is 1. The third-order valence-electron chi connectivity index (χ3n) is 2.81. The summed E-state index contributed by atoms with van der Waals surface area (Å²) in [5.74, 6) is -1.25. The number of nitrogens with one attached hydrogen (secondary N) is 2. The lowest BCUT2D eigenvalue weighted by Gasteiger charge is -2.09. The minimum Gasteiger partial charge on any atom is -0.508 e. The van der Waals surface area contributed by atoms with Crippen molar-refractivity contribution in [3.63, 3.8) is 0 Å². The highest BCUT2D eigenvalue weighted by Crippen LogP contribution is 2.18. The fourth-order valence-electron chi connectivity index (χ4n) is 1.75. The molecule has 0 radical (unpaired) electrons. The molecule has 3 N–H and O–H groups in total. The summed E-state index contributed by atoms with van der Waals surface area (Å²) in [7, 11) is 1.52. The molecular formula is C14H15F2N3O. The number of anilines is 2. The van der Waals surface area contributed by atoms with Gasteiger partial charge in [-0.2, -0.15) is 0 Å². The highest BCUT2D eigenvalue weighted by molar-refractivity contribution is 5.47. The van der Waals surface area contributed by atoms with Crippen molar-refractivity contribution >= 4 is 11.6 Å². The predicted octanol–water partition coefficient (Wildman–Crippen LogP) is 2.76. The monoisotopic (exact) mass is 279 g/mol. The zero-order valence-electron chi connectivity index (χ0n) is 11.0. The average Bonchev–Trinajstić information content (AvgIpc) is 2.43. The third kappa shape index (κ3) is 3.34. The first kappa shape index (κ1) is 14.0. The van der Waals surface area contributed by atoms with E-state index in [4.69, 9.17) is 5.11 Å². The van der Waals surface area contributed by atoms with Gasteiger partial charge in [-0.3, -0.25) is 0 Å². The van der Waals surface area contributed by atoms with Gasteiger partial charge in [-0.25, -0.2) is 13.8 Å². The minimum atomic E-state index is -0.729. The van der Waals surface area contributed by atoms with E-state index in [1.54, 1.807) is 24.3 Å². The van der Waals surface area contributed by atoms with Gasteiger partial charge in [-0.1, -0.05) is 12.1 Å². The Labute approximate surface area is 115 Å². The first-order chi connectivity index (χ1) is 9.60. The Morgan fingerprint density at radius 2 is 1.75 bits per heavy atom. The molecule has 0 spiro atoms. The maximum atomic E-state index is 13.5. The maximum Gasteiger partial charge on any atom is 0.168 e. The van der Waals surface area contributed by atoms with Gasteiger partial charge in [0.25, 0.3) is 0 Å². The molecular weight excluding hydrogens is 264 g/mol. The average molecular weight is 279 g/mol. The molecule has 0 saturated carbocycles. The smallest absolute Gasteiger partial charge is 0.168 e. The molecule has 1 aromatic heterocycles. The Balaban J connectivity index is 1.98. The molecule has 106 valence electrons. The molecule has 0 aliphatic carbocycles. The van der Waals surface area contributed by atoms with Crippen LogP contribution in [0.5, 0.6) is 5.75 Å². The molecule has 6 heteroatoms. The normalized spacial score (nSPS) is 10.3. The van der Waals surface area contributed by atoms with Crippen molar-refractivity contribution in [3.8, 4) is 5.75 Å². The van der Waals surface area contributed by atoms with E-state index in [-0.39, 0.29) is 17.4 Å². The van der Waals surface area contributed by atoms with Crippen LogP contribution in [0, 0.1) is 11.6 Å². The van der Waals surface area contributed by atoms with Gasteiger partial charge in [-0.15, -0.1) is 0 Å². The van der Waals surface area contributed by atoms with Crippen LogP contribution in [0.1, 0.15) is 5.56 Å². The molecule has 0 aliphatic heterocycles. The molecule has 0 unspecified atom stereocenters. The molecule has 0 saturated heterocycles. The van der Waals surface area contributed by atoms with Crippen molar-refractivity contribution in [1.29, 1.82) is 0 Å². The summed E-state index contributed by atoms with van der Waals surface area (Å²) in [4.78, 5) is 3.82. The van der Waals surface area contributed by atoms with Gasteiger partial charge in [-0.05, 0) is 24.1 Å². The summed E-state index contributed by atoms with van der Waals surface area (Å²) in [6, 6.07) is 7.53. The standard InChI is InChI=1S/C14H15F2N3O/c1-17-13-11(15)8-12(16)14(19-13)18-7-6-9-2-4-10(20)5-3-9/h2-5,8,20H,6-7H2,1H3,(H2,17,18,19). The van der Waals surface area contributed by atoms with Gasteiger partial charge in [0.05, 0.1) is 0 Å². The number of aromatic nitrogens is 1. The van der Waals surface area contributed by atoms with Gasteiger partial charge in [0.1, 0.15) is 5.75 Å². The predicted molar refractivity (Wildman–Crippen MR) is 74.0 cm³/mol. The van der Waals surface area contributed by atoms with E-state index in [2.05, 4.69) is 15.6 Å². The number of rotatable bonds is 5. The SMILES string of the molecule is CNc1nc(NCCc2ccc(O)cc2)c(F)cc1F. The topological polar surface area (TPSA) is 57.2 Å². The van der Waals surface area contributed by atoms with E-state index in [0.717, 1.165) is 11.6 Å². The van der Waals surface area contributed by atoms with Crippen molar-refractivity contribution in [2.45, 2.75) is 6.42 Å². The van der Waals surface area contributed by atoms with Crippen LogP contribution in [-0.4, -0.2) is 23.7 Å². The van der Waals surface area contributed by atoms with E-state index in [1.807, 2.05) is 0 Å². The second-order valence-electron chi connectivity index (χ2n) is 4.24. The highest BCUT2D eigenvalue weighted by Gasteiger charge is 2.10. The number of halogens is 2. The van der Waals surface area contributed by atoms with Crippen LogP contribution in [0.25, 0.3) is 0 Å². The third-order valence-corrected chi connectivity index (χ3v) is 2.81. The summed E-state index contributed by atoms with van der Waals surface area (Å²) < 4.78 is 26.8. The van der Waals surface area contributed by atoms with E-state index in [0.29, 0.717) is 13.0 Å². The highest BCUT2D eigenvalue weighted by atomic mass is 19.1. The molecule has 2 rings (SSSR count). The van der Waals surface area contributed by atoms with Crippen LogP contribution in [0.2, 0.25) is 0 Å². The second-order valence-corrected chi connectivity index (χ2v) is 4.24. The van der Waals surface area contributed by atoms with Gasteiger partial charge in [0.2, 0.25) is 0 Å². The molecule has 20 heavy (non-hydrogen) atoms. The number of phenolic OH excluding ortho intramolecular Hbond substituents is 1. The molecule has 0 atom stereocenters. The zero-order valence-corrected chi connectivity index (χ0v) is 11.0. The van der Waals surface area contributed by atoms with Gasteiger partial charge in [0.15, 0.2) is 23.3 Å². The Morgan fingerprint density at radius 1 is 1.10 bits per heavy atom. The van der Waals surface area contributed by atoms with Crippen molar-refractivity contribution in [2.75, 3.05) is 24.2 Å². The van der Waals surface area contributed by atoms with E-state index in [9.17, 15) is 8.78 Å². The Bertz CT molecular complexity index is 588. The van der Waals surface area contributed by atoms with Crippen molar-refractivity contribution in [2.24, 2.45) is 0 Å². The van der Waals surface area contributed by atoms with Crippen LogP contribution >= 0.6 is 0 Å². The van der Waals surface area contributed by atoms with Crippen LogP contribution < -0.4 is 10.6 Å². The number of hydrogen-bond donors (Lipinski definition) is 3. The quantitative estimate of drug-likeness (QED) is 0.787. The fourth-order valence-corrected chi connectivity index (χ4v) is 1.75. The van der Waals surface area contributed by atoms with Crippen molar-refractivity contribution in [3.05, 3.63) is 47.5 Å². The number of aromatic hydroxyl groups is 1. The second kappa shape index (κ2) is 6.18. The molecule has 0 bridgehead atoms. The summed E-state index contributed by atoms with van der Waals surface area (Å²) in [6.07, 6.45) is 0.633. The molecule has 4 nitrogen and oxygen atoms in total. The summed E-state index contributed by atoms with van der Waals surface area (Å²) >= 11 is 0. The van der Waals surface area contributed by atoms with Crippen molar-refractivity contribution in [1.82, 2.24) is 4.98 Å². The fraction of sp³-hybridized carbons (Fsp3) is 0.214. The van der Waals surface area contributed by atoms with Gasteiger partial charge >= 0.3 is 0 Å². The molecule has 0 amide bonds. The Kier molecular flexibility index (Phi) is 4.34. The summed E-state index contributed by atoms with van der Waals surface area (Å²) in [6.45, 7) is 0.448. The zero-order chi connectivity index (χ0) is 14.5. The lowest BCUT2D eigenvalue weighted by atomic mass is 10.1. The van der Waals surface area contributed by atoms with Gasteiger partial charge < -0.3 is 15.7 Å². The first-order valence-electron chi connectivity index (χ1n) is 6.15. The molecule has 1 heterocycles. The minimum absolute atomic E-state index is 0.00136. The lowest BCUT2D eigenvalue weighted by molar-refractivity contribution is 0.475. The Morgan fingerprint density at radius 3 is 2.40 bits per heavy atom. The number of phenols is 1. The van der Waals surface area contributed by atoms with E-state index < -0.39 is 11.6 Å². The maximum absolute atomic E-state index is 13.5. The van der Waals surface area contributed by atoms with Crippen LogP contribution in [0.3, 0.4) is 0 Å². The lowest BCUT2D eigenvalue weighted by Crippen LogP contribution is -2.10. The number of pyridine rings is 1. The van der Waals surface area contributed by atoms with Crippen LogP contribution in [0.4, 0.5) is 20.4 Å².